The van der Waals surface area contributed by atoms with Gasteiger partial charge in [-0.2, -0.15) is 0 Å². The number of benzene rings is 1. The first kappa shape index (κ1) is 16.1. The van der Waals surface area contributed by atoms with Gasteiger partial charge < -0.3 is 24.4 Å². The highest BCUT2D eigenvalue weighted by Gasteiger charge is 2.24. The Morgan fingerprint density at radius 2 is 2.35 bits per heavy atom. The van der Waals surface area contributed by atoms with Gasteiger partial charge >= 0.3 is 0 Å². The number of hydrogen-bond donors (Lipinski definition) is 1. The molecular weight excluding hydrogens is 296 g/mol. The number of para-hydroxylation sites is 1. The summed E-state index contributed by atoms with van der Waals surface area (Å²) in [6.07, 6.45) is 1.29. The van der Waals surface area contributed by atoms with Crippen LogP contribution in [-0.2, 0) is 16.1 Å². The molecule has 126 valence electrons. The maximum atomic E-state index is 12.7. The third-order valence-electron chi connectivity index (χ3n) is 4.23. The van der Waals surface area contributed by atoms with Gasteiger partial charge in [0.05, 0.1) is 26.9 Å². The number of rotatable bonds is 3. The molecular formula is C17H24N2O4. The maximum Gasteiger partial charge on any atom is 0.224 e. The largest absolute Gasteiger partial charge is 0.493 e. The van der Waals surface area contributed by atoms with Gasteiger partial charge in [-0.05, 0) is 12.5 Å². The SMILES string of the molecule is COc1cccc2c1OCCCN(C(=O)CC1COCCN1)C2. The summed E-state index contributed by atoms with van der Waals surface area (Å²) >= 11 is 0. The number of nitrogens with zero attached hydrogens (tertiary/aromatic N) is 1. The summed E-state index contributed by atoms with van der Waals surface area (Å²) in [5.74, 6) is 1.63. The number of morpholine rings is 1. The van der Waals surface area contributed by atoms with Crippen molar-refractivity contribution in [3.8, 4) is 11.5 Å². The Labute approximate surface area is 136 Å². The molecule has 0 bridgehead atoms. The van der Waals surface area contributed by atoms with Crippen LogP contribution in [0, 0.1) is 0 Å². The van der Waals surface area contributed by atoms with E-state index in [2.05, 4.69) is 5.32 Å². The van der Waals surface area contributed by atoms with Gasteiger partial charge in [-0.1, -0.05) is 12.1 Å². The molecule has 0 saturated carbocycles. The summed E-state index contributed by atoms with van der Waals surface area (Å²) in [5.41, 5.74) is 0.991. The van der Waals surface area contributed by atoms with Crippen molar-refractivity contribution >= 4 is 5.91 Å². The Bertz CT molecular complexity index is 543. The molecule has 0 radical (unpaired) electrons. The van der Waals surface area contributed by atoms with Crippen LogP contribution in [0.5, 0.6) is 11.5 Å². The molecule has 1 atom stereocenters. The lowest BCUT2D eigenvalue weighted by molar-refractivity contribution is -0.133. The lowest BCUT2D eigenvalue weighted by Crippen LogP contribution is -2.45. The van der Waals surface area contributed by atoms with Gasteiger partial charge in [0.1, 0.15) is 0 Å². The van der Waals surface area contributed by atoms with Crippen LogP contribution in [0.25, 0.3) is 0 Å². The zero-order chi connectivity index (χ0) is 16.1. The van der Waals surface area contributed by atoms with E-state index < -0.39 is 0 Å². The third kappa shape index (κ3) is 3.95. The molecule has 1 amide bonds. The lowest BCUT2D eigenvalue weighted by atomic mass is 10.1. The summed E-state index contributed by atoms with van der Waals surface area (Å²) in [5, 5.41) is 3.34. The zero-order valence-electron chi connectivity index (χ0n) is 13.5. The molecule has 0 aromatic heterocycles. The molecule has 6 nitrogen and oxygen atoms in total. The number of fused-ring (bicyclic) bond motifs is 1. The number of amides is 1. The monoisotopic (exact) mass is 320 g/mol. The molecule has 0 spiro atoms. The Balaban J connectivity index is 1.71. The molecule has 23 heavy (non-hydrogen) atoms. The molecule has 2 aliphatic rings. The van der Waals surface area contributed by atoms with Crippen LogP contribution in [0.15, 0.2) is 18.2 Å². The number of methoxy groups -OCH3 is 1. The zero-order valence-corrected chi connectivity index (χ0v) is 13.5. The second kappa shape index (κ2) is 7.66. The lowest BCUT2D eigenvalue weighted by Gasteiger charge is -2.30. The molecule has 1 N–H and O–H groups in total. The number of carbonyl (C=O) groups is 1. The van der Waals surface area contributed by atoms with Crippen LogP contribution in [0.2, 0.25) is 0 Å². The summed E-state index contributed by atoms with van der Waals surface area (Å²) in [7, 11) is 1.63. The highest BCUT2D eigenvalue weighted by molar-refractivity contribution is 5.77. The van der Waals surface area contributed by atoms with E-state index in [4.69, 9.17) is 14.2 Å². The van der Waals surface area contributed by atoms with Gasteiger partial charge in [0.15, 0.2) is 11.5 Å². The van der Waals surface area contributed by atoms with Gasteiger partial charge in [-0.25, -0.2) is 0 Å². The van der Waals surface area contributed by atoms with Crippen LogP contribution in [0.1, 0.15) is 18.4 Å². The third-order valence-corrected chi connectivity index (χ3v) is 4.23. The van der Waals surface area contributed by atoms with Crippen molar-refractivity contribution < 1.29 is 19.0 Å². The molecule has 1 aromatic carbocycles. The van der Waals surface area contributed by atoms with Gasteiger partial charge in [0, 0.05) is 37.7 Å². The normalized spacial score (nSPS) is 21.6. The van der Waals surface area contributed by atoms with Gasteiger partial charge in [-0.15, -0.1) is 0 Å². The van der Waals surface area contributed by atoms with Crippen molar-refractivity contribution in [2.24, 2.45) is 0 Å². The first-order chi connectivity index (χ1) is 11.3. The van der Waals surface area contributed by atoms with E-state index in [1.165, 1.54) is 0 Å². The quantitative estimate of drug-likeness (QED) is 0.906. The minimum atomic E-state index is 0.114. The van der Waals surface area contributed by atoms with Crippen LogP contribution in [0.4, 0.5) is 0 Å². The molecule has 1 aromatic rings. The molecule has 1 unspecified atom stereocenters. The molecule has 3 rings (SSSR count). The predicted octanol–water partition coefficient (Wildman–Crippen LogP) is 1.18. The highest BCUT2D eigenvalue weighted by Crippen LogP contribution is 2.33. The van der Waals surface area contributed by atoms with Crippen molar-refractivity contribution in [3.05, 3.63) is 23.8 Å². The van der Waals surface area contributed by atoms with E-state index in [1.54, 1.807) is 7.11 Å². The van der Waals surface area contributed by atoms with Crippen molar-refractivity contribution in [1.82, 2.24) is 10.2 Å². The Morgan fingerprint density at radius 3 is 3.13 bits per heavy atom. The molecule has 2 heterocycles. The van der Waals surface area contributed by atoms with E-state index in [0.717, 1.165) is 36.6 Å². The first-order valence-electron chi connectivity index (χ1n) is 8.15. The van der Waals surface area contributed by atoms with E-state index in [1.807, 2.05) is 23.1 Å². The number of hydrogen-bond acceptors (Lipinski definition) is 5. The van der Waals surface area contributed by atoms with Crippen LogP contribution >= 0.6 is 0 Å². The minimum absolute atomic E-state index is 0.114. The first-order valence-corrected chi connectivity index (χ1v) is 8.15. The Morgan fingerprint density at radius 1 is 1.43 bits per heavy atom. The summed E-state index contributed by atoms with van der Waals surface area (Å²) in [6.45, 7) is 3.99. The average molecular weight is 320 g/mol. The number of nitrogens with one attached hydrogen (secondary N) is 1. The van der Waals surface area contributed by atoms with E-state index in [0.29, 0.717) is 32.7 Å². The predicted molar refractivity (Wildman–Crippen MR) is 85.7 cm³/mol. The van der Waals surface area contributed by atoms with Crippen LogP contribution in [-0.4, -0.2) is 56.9 Å². The molecule has 1 fully saturated rings. The second-order valence-corrected chi connectivity index (χ2v) is 5.90. The second-order valence-electron chi connectivity index (χ2n) is 5.90. The highest BCUT2D eigenvalue weighted by atomic mass is 16.5. The summed E-state index contributed by atoms with van der Waals surface area (Å²) in [6, 6.07) is 5.92. The molecule has 2 aliphatic heterocycles. The summed E-state index contributed by atoms with van der Waals surface area (Å²) < 4.78 is 16.6. The van der Waals surface area contributed by atoms with Crippen LogP contribution < -0.4 is 14.8 Å². The summed E-state index contributed by atoms with van der Waals surface area (Å²) in [4.78, 5) is 14.6. The van der Waals surface area contributed by atoms with Crippen molar-refractivity contribution in [2.45, 2.75) is 25.4 Å². The molecule has 0 aliphatic carbocycles. The van der Waals surface area contributed by atoms with Crippen molar-refractivity contribution in [2.75, 3.05) is 40.0 Å². The smallest absolute Gasteiger partial charge is 0.224 e. The fourth-order valence-corrected chi connectivity index (χ4v) is 3.03. The Hall–Kier alpha value is -1.79. The topological polar surface area (TPSA) is 60.0 Å². The molecule has 1 saturated heterocycles. The Kier molecular flexibility index (Phi) is 5.35. The van der Waals surface area contributed by atoms with E-state index in [-0.39, 0.29) is 11.9 Å². The fourth-order valence-electron chi connectivity index (χ4n) is 3.03. The van der Waals surface area contributed by atoms with E-state index in [9.17, 15) is 4.79 Å². The van der Waals surface area contributed by atoms with Gasteiger partial charge in [0.2, 0.25) is 5.91 Å². The van der Waals surface area contributed by atoms with Crippen molar-refractivity contribution in [3.63, 3.8) is 0 Å². The van der Waals surface area contributed by atoms with Gasteiger partial charge in [0.25, 0.3) is 0 Å². The molecule has 6 heteroatoms. The number of carbonyl (C=O) groups excluding carboxylic acids is 1. The maximum absolute atomic E-state index is 12.7. The number of ether oxygens (including phenoxy) is 3. The van der Waals surface area contributed by atoms with E-state index >= 15 is 0 Å². The minimum Gasteiger partial charge on any atom is -0.493 e. The standard InChI is InChI=1S/C17H24N2O4/c1-21-15-5-2-4-13-11-19(7-3-8-23-17(13)15)16(20)10-14-12-22-9-6-18-14/h2,4-5,14,18H,3,6-12H2,1H3. The fraction of sp³-hybridized carbons (Fsp3) is 0.588. The average Bonchev–Trinajstić information content (AvgIpc) is 2.55. The van der Waals surface area contributed by atoms with Crippen LogP contribution in [0.3, 0.4) is 0 Å². The van der Waals surface area contributed by atoms with Crippen molar-refractivity contribution in [1.29, 1.82) is 0 Å². The van der Waals surface area contributed by atoms with Gasteiger partial charge in [-0.3, -0.25) is 4.79 Å².